The van der Waals surface area contributed by atoms with Crippen LogP contribution < -0.4 is 15.4 Å². The number of methoxy groups -OCH3 is 1. The van der Waals surface area contributed by atoms with E-state index in [1.807, 2.05) is 48.7 Å². The number of anilines is 1. The van der Waals surface area contributed by atoms with Gasteiger partial charge in [0.2, 0.25) is 0 Å². The van der Waals surface area contributed by atoms with Crippen molar-refractivity contribution in [1.29, 1.82) is 0 Å². The van der Waals surface area contributed by atoms with Crippen LogP contribution in [0, 0.1) is 23.7 Å². The van der Waals surface area contributed by atoms with Gasteiger partial charge in [0.15, 0.2) is 5.11 Å². The monoisotopic (exact) mass is 457 g/mol. The molecule has 2 aromatic carbocycles. The second kappa shape index (κ2) is 9.52. The van der Waals surface area contributed by atoms with Crippen LogP contribution in [0.5, 0.6) is 5.75 Å². The molecule has 0 amide bonds. The fraction of sp³-hybridized carbons (Fsp3) is 0.357. The van der Waals surface area contributed by atoms with Gasteiger partial charge in [-0.05, 0) is 104 Å². The summed E-state index contributed by atoms with van der Waals surface area (Å²) in [6, 6.07) is 18.5. The number of fused-ring (bicyclic) bond motifs is 4. The highest BCUT2D eigenvalue weighted by atomic mass is 32.1. The molecule has 0 aliphatic heterocycles. The van der Waals surface area contributed by atoms with Crippen molar-refractivity contribution in [2.45, 2.75) is 31.7 Å². The van der Waals surface area contributed by atoms with Crippen LogP contribution in [0.3, 0.4) is 0 Å². The van der Waals surface area contributed by atoms with E-state index in [0.29, 0.717) is 28.8 Å². The van der Waals surface area contributed by atoms with E-state index in [4.69, 9.17) is 17.0 Å². The Morgan fingerprint density at radius 2 is 1.94 bits per heavy atom. The summed E-state index contributed by atoms with van der Waals surface area (Å²) >= 11 is 5.81. The van der Waals surface area contributed by atoms with Crippen LogP contribution in [0.1, 0.15) is 37.3 Å². The lowest BCUT2D eigenvalue weighted by Gasteiger charge is -2.49. The van der Waals surface area contributed by atoms with Gasteiger partial charge < -0.3 is 15.4 Å². The average Bonchev–Trinajstić information content (AvgIpc) is 2.87. The van der Waals surface area contributed by atoms with Crippen LogP contribution in [-0.2, 0) is 0 Å². The topological polar surface area (TPSA) is 46.2 Å². The second-order valence-corrected chi connectivity index (χ2v) is 9.77. The van der Waals surface area contributed by atoms with E-state index in [-0.39, 0.29) is 6.04 Å². The smallest absolute Gasteiger partial charge is 0.171 e. The number of hydrogen-bond acceptors (Lipinski definition) is 3. The van der Waals surface area contributed by atoms with Gasteiger partial charge in [-0.15, -0.1) is 6.58 Å². The lowest BCUT2D eigenvalue weighted by Crippen LogP contribution is -2.45. The van der Waals surface area contributed by atoms with Crippen LogP contribution in [0.25, 0.3) is 10.9 Å². The molecule has 0 saturated heterocycles. The van der Waals surface area contributed by atoms with E-state index in [9.17, 15) is 0 Å². The van der Waals surface area contributed by atoms with Gasteiger partial charge in [0, 0.05) is 17.3 Å². The Hall–Kier alpha value is -2.92. The number of rotatable bonds is 6. The van der Waals surface area contributed by atoms with Crippen LogP contribution in [0.2, 0.25) is 0 Å². The van der Waals surface area contributed by atoms with Gasteiger partial charge in [0.05, 0.1) is 18.7 Å². The largest absolute Gasteiger partial charge is 0.497 e. The molecule has 1 aromatic heterocycles. The highest BCUT2D eigenvalue weighted by Gasteiger charge is 2.44. The molecule has 2 bridgehead atoms. The number of pyridine rings is 1. The zero-order valence-electron chi connectivity index (χ0n) is 19.0. The molecule has 33 heavy (non-hydrogen) atoms. The summed E-state index contributed by atoms with van der Waals surface area (Å²) in [6.45, 7) is 4.12. The van der Waals surface area contributed by atoms with Gasteiger partial charge in [0.25, 0.3) is 0 Å². The van der Waals surface area contributed by atoms with Crippen molar-refractivity contribution in [1.82, 2.24) is 10.3 Å². The fourth-order valence-corrected chi connectivity index (χ4v) is 6.26. The molecule has 2 N–H and O–H groups in total. The molecule has 3 aromatic rings. The molecule has 3 aliphatic carbocycles. The summed E-state index contributed by atoms with van der Waals surface area (Å²) in [5.74, 6) is 3.36. The van der Waals surface area contributed by atoms with Crippen LogP contribution in [-0.4, -0.2) is 17.2 Å². The zero-order valence-corrected chi connectivity index (χ0v) is 19.9. The Labute approximate surface area is 201 Å². The van der Waals surface area contributed by atoms with E-state index in [0.717, 1.165) is 22.3 Å². The third-order valence-corrected chi connectivity index (χ3v) is 7.86. The summed E-state index contributed by atoms with van der Waals surface area (Å²) in [4.78, 5) is 4.62. The van der Waals surface area contributed by atoms with Gasteiger partial charge in [-0.25, -0.2) is 0 Å². The number of allylic oxidation sites excluding steroid dienone is 1. The fourth-order valence-electron chi connectivity index (χ4n) is 6.01. The van der Waals surface area contributed by atoms with Crippen molar-refractivity contribution in [3.63, 3.8) is 0 Å². The van der Waals surface area contributed by atoms with Crippen molar-refractivity contribution in [2.24, 2.45) is 23.7 Å². The van der Waals surface area contributed by atoms with E-state index >= 15 is 0 Å². The van der Waals surface area contributed by atoms with Gasteiger partial charge >= 0.3 is 0 Å². The molecule has 5 atom stereocenters. The van der Waals surface area contributed by atoms with E-state index in [2.05, 4.69) is 40.4 Å². The number of ether oxygens (including phenoxy) is 1. The molecule has 6 rings (SSSR count). The van der Waals surface area contributed by atoms with Gasteiger partial charge in [-0.1, -0.05) is 24.3 Å². The number of aromatic nitrogens is 1. The molecule has 3 saturated carbocycles. The second-order valence-electron chi connectivity index (χ2n) is 9.36. The molecule has 3 aliphatic rings. The van der Waals surface area contributed by atoms with Crippen molar-refractivity contribution < 1.29 is 4.74 Å². The average molecular weight is 458 g/mol. The lowest BCUT2D eigenvalue weighted by atomic mass is 9.57. The molecule has 5 heteroatoms. The molecule has 0 radical (unpaired) electrons. The number of para-hydroxylation sites is 1. The van der Waals surface area contributed by atoms with Crippen LogP contribution in [0.4, 0.5) is 5.69 Å². The third kappa shape index (κ3) is 4.47. The first-order valence-electron chi connectivity index (χ1n) is 11.8. The maximum atomic E-state index is 5.81. The standard InChI is InChI=1S/C28H31N3OS/c1-3-18-15-20-10-9-19(18)16-24(20)27(31-28(33)30-21-7-5-4-6-8-21)23-13-14-29-26-12-11-22(32-2)17-25(23)26/h3-8,11-14,17-20,24,27H,1,9-10,15-16H2,2H3,(H2,30,31,33)/t18-,19-,20?,24?,27+/m0/s1. The van der Waals surface area contributed by atoms with E-state index < -0.39 is 0 Å². The van der Waals surface area contributed by atoms with Gasteiger partial charge in [-0.3, -0.25) is 4.98 Å². The summed E-state index contributed by atoms with van der Waals surface area (Å²) in [5, 5.41) is 8.88. The maximum absolute atomic E-state index is 5.81. The Balaban J connectivity index is 1.51. The summed E-state index contributed by atoms with van der Waals surface area (Å²) in [7, 11) is 1.71. The number of thiocarbonyl (C=S) groups is 1. The summed E-state index contributed by atoms with van der Waals surface area (Å²) in [5.41, 5.74) is 3.21. The van der Waals surface area contributed by atoms with Gasteiger partial charge in [-0.2, -0.15) is 0 Å². The quantitative estimate of drug-likeness (QED) is 0.326. The minimum Gasteiger partial charge on any atom is -0.497 e. The predicted molar refractivity (Wildman–Crippen MR) is 139 cm³/mol. The molecule has 1 heterocycles. The first kappa shape index (κ1) is 21.9. The van der Waals surface area contributed by atoms with E-state index in [1.165, 1.54) is 31.2 Å². The number of nitrogens with one attached hydrogen (secondary N) is 2. The molecule has 2 unspecified atom stereocenters. The Morgan fingerprint density at radius 3 is 2.67 bits per heavy atom. The molecular formula is C28H31N3OS. The first-order valence-corrected chi connectivity index (χ1v) is 12.2. The first-order chi connectivity index (χ1) is 16.2. The van der Waals surface area contributed by atoms with E-state index in [1.54, 1.807) is 7.11 Å². The third-order valence-electron chi connectivity index (χ3n) is 7.64. The van der Waals surface area contributed by atoms with Crippen molar-refractivity contribution in [3.05, 3.63) is 79.0 Å². The highest BCUT2D eigenvalue weighted by molar-refractivity contribution is 7.80. The number of hydrogen-bond donors (Lipinski definition) is 2. The lowest BCUT2D eigenvalue weighted by molar-refractivity contribution is 0.0439. The van der Waals surface area contributed by atoms with Crippen LogP contribution in [0.15, 0.2) is 73.4 Å². The molecule has 0 spiro atoms. The summed E-state index contributed by atoms with van der Waals surface area (Å²) in [6.07, 6.45) is 9.11. The normalized spacial score (nSPS) is 24.8. The number of nitrogens with zero attached hydrogens (tertiary/aromatic N) is 1. The SMILES string of the molecule is C=C[C@H]1CC2CC[C@H]1CC2[C@H](NC(=S)Nc1ccccc1)c1ccnc2ccc(OC)cc12. The number of benzene rings is 2. The van der Waals surface area contributed by atoms with Crippen molar-refractivity contribution in [2.75, 3.05) is 12.4 Å². The molecule has 170 valence electrons. The Bertz CT molecular complexity index is 1150. The maximum Gasteiger partial charge on any atom is 0.171 e. The molecule has 3 fully saturated rings. The minimum absolute atomic E-state index is 0.102. The Morgan fingerprint density at radius 1 is 1.12 bits per heavy atom. The van der Waals surface area contributed by atoms with Gasteiger partial charge in [0.1, 0.15) is 5.75 Å². The van der Waals surface area contributed by atoms with Crippen molar-refractivity contribution in [3.8, 4) is 5.75 Å². The highest BCUT2D eigenvalue weighted by Crippen LogP contribution is 2.53. The molecule has 4 nitrogen and oxygen atoms in total. The molecular weight excluding hydrogens is 426 g/mol. The Kier molecular flexibility index (Phi) is 6.32. The summed E-state index contributed by atoms with van der Waals surface area (Å²) < 4.78 is 5.54. The minimum atomic E-state index is 0.102. The predicted octanol–water partition coefficient (Wildman–Crippen LogP) is 6.51. The van der Waals surface area contributed by atoms with Crippen LogP contribution >= 0.6 is 12.2 Å². The zero-order chi connectivity index (χ0) is 22.8. The van der Waals surface area contributed by atoms with Crippen molar-refractivity contribution >= 4 is 33.9 Å².